The molecule has 0 radical (unpaired) electrons. The summed E-state index contributed by atoms with van der Waals surface area (Å²) in [5.41, 5.74) is 1.91. The average molecular weight is 358 g/mol. The molecule has 0 bridgehead atoms. The van der Waals surface area contributed by atoms with E-state index in [1.807, 2.05) is 24.3 Å². The Balaban J connectivity index is 1.50. The van der Waals surface area contributed by atoms with Crippen LogP contribution in [0.5, 0.6) is 0 Å². The maximum absolute atomic E-state index is 12.4. The molecule has 1 aromatic rings. The van der Waals surface area contributed by atoms with Crippen LogP contribution in [0.2, 0.25) is 0 Å². The monoisotopic (exact) mass is 358 g/mol. The quantitative estimate of drug-likeness (QED) is 0.892. The summed E-state index contributed by atoms with van der Waals surface area (Å²) in [5, 5.41) is 2.94. The molecule has 2 saturated heterocycles. The Hall–Kier alpha value is -2.57. The molecule has 0 aromatic heterocycles. The molecule has 0 spiro atoms. The number of carbonyl (C=O) groups is 3. The van der Waals surface area contributed by atoms with Gasteiger partial charge in [-0.25, -0.2) is 4.79 Å². The predicted molar refractivity (Wildman–Crippen MR) is 98.7 cm³/mol. The number of nitrogens with one attached hydrogen (secondary N) is 1. The van der Waals surface area contributed by atoms with Gasteiger partial charge in [-0.15, -0.1) is 0 Å². The summed E-state index contributed by atoms with van der Waals surface area (Å²) in [4.78, 5) is 41.0. The fraction of sp³-hybridized carbons (Fsp3) is 0.526. The standard InChI is InChI=1S/C19H26N4O3/c1-15(24)21-9-3-10-22(13-12-21)19(26)20-14-16-5-7-17(8-6-16)23-11-2-4-18(23)25/h5-8H,2-4,9-14H2,1H3,(H,20,26). The van der Waals surface area contributed by atoms with Crippen molar-refractivity contribution in [2.75, 3.05) is 37.6 Å². The van der Waals surface area contributed by atoms with Gasteiger partial charge in [0.25, 0.3) is 0 Å². The zero-order chi connectivity index (χ0) is 18.5. The molecule has 2 heterocycles. The molecular weight excluding hydrogens is 332 g/mol. The van der Waals surface area contributed by atoms with Crippen molar-refractivity contribution in [2.24, 2.45) is 0 Å². The number of benzene rings is 1. The number of amides is 4. The van der Waals surface area contributed by atoms with Crippen molar-refractivity contribution >= 4 is 23.5 Å². The Bertz CT molecular complexity index is 674. The number of anilines is 1. The highest BCUT2D eigenvalue weighted by Gasteiger charge is 2.22. The van der Waals surface area contributed by atoms with Gasteiger partial charge in [0, 0.05) is 58.3 Å². The van der Waals surface area contributed by atoms with E-state index in [9.17, 15) is 14.4 Å². The summed E-state index contributed by atoms with van der Waals surface area (Å²) in [5.74, 6) is 0.232. The molecule has 140 valence electrons. The van der Waals surface area contributed by atoms with Crippen LogP contribution >= 0.6 is 0 Å². The lowest BCUT2D eigenvalue weighted by Crippen LogP contribution is -2.42. The van der Waals surface area contributed by atoms with Gasteiger partial charge in [-0.1, -0.05) is 12.1 Å². The first kappa shape index (κ1) is 18.2. The number of hydrogen-bond donors (Lipinski definition) is 1. The summed E-state index contributed by atoms with van der Waals surface area (Å²) >= 11 is 0. The van der Waals surface area contributed by atoms with E-state index in [0.29, 0.717) is 39.1 Å². The first-order chi connectivity index (χ1) is 12.5. The maximum atomic E-state index is 12.4. The topological polar surface area (TPSA) is 73.0 Å². The lowest BCUT2D eigenvalue weighted by molar-refractivity contribution is -0.128. The van der Waals surface area contributed by atoms with Crippen molar-refractivity contribution < 1.29 is 14.4 Å². The molecular formula is C19H26N4O3. The highest BCUT2D eigenvalue weighted by Crippen LogP contribution is 2.21. The number of carbonyl (C=O) groups excluding carboxylic acids is 3. The normalized spacial score (nSPS) is 18.0. The van der Waals surface area contributed by atoms with Crippen LogP contribution in [0.25, 0.3) is 0 Å². The van der Waals surface area contributed by atoms with Crippen LogP contribution in [0.1, 0.15) is 31.7 Å². The summed E-state index contributed by atoms with van der Waals surface area (Å²) in [7, 11) is 0. The van der Waals surface area contributed by atoms with Gasteiger partial charge >= 0.3 is 6.03 Å². The largest absolute Gasteiger partial charge is 0.341 e. The number of rotatable bonds is 3. The van der Waals surface area contributed by atoms with Crippen molar-refractivity contribution in [3.05, 3.63) is 29.8 Å². The van der Waals surface area contributed by atoms with Crippen LogP contribution in [-0.4, -0.2) is 60.4 Å². The van der Waals surface area contributed by atoms with Crippen molar-refractivity contribution in [1.29, 1.82) is 0 Å². The minimum Gasteiger partial charge on any atom is -0.341 e. The Kier molecular flexibility index (Phi) is 5.75. The van der Waals surface area contributed by atoms with Crippen LogP contribution in [0.3, 0.4) is 0 Å². The van der Waals surface area contributed by atoms with Crippen LogP contribution in [0.15, 0.2) is 24.3 Å². The van der Waals surface area contributed by atoms with Gasteiger partial charge < -0.3 is 20.0 Å². The van der Waals surface area contributed by atoms with Crippen molar-refractivity contribution in [3.8, 4) is 0 Å². The highest BCUT2D eigenvalue weighted by molar-refractivity contribution is 5.95. The van der Waals surface area contributed by atoms with Crippen LogP contribution in [-0.2, 0) is 16.1 Å². The molecule has 0 saturated carbocycles. The molecule has 0 atom stereocenters. The zero-order valence-electron chi connectivity index (χ0n) is 15.2. The van der Waals surface area contributed by atoms with Gasteiger partial charge in [-0.2, -0.15) is 0 Å². The maximum Gasteiger partial charge on any atom is 0.317 e. The third kappa shape index (κ3) is 4.33. The molecule has 1 N–H and O–H groups in total. The van der Waals surface area contributed by atoms with Gasteiger partial charge in [0.1, 0.15) is 0 Å². The van der Waals surface area contributed by atoms with E-state index < -0.39 is 0 Å². The molecule has 7 nitrogen and oxygen atoms in total. The lowest BCUT2D eigenvalue weighted by Gasteiger charge is -2.22. The molecule has 0 unspecified atom stereocenters. The molecule has 1 aromatic carbocycles. The minimum atomic E-state index is -0.103. The summed E-state index contributed by atoms with van der Waals surface area (Å²) in [6, 6.07) is 7.65. The second-order valence-corrected chi connectivity index (χ2v) is 6.82. The SMILES string of the molecule is CC(=O)N1CCCN(C(=O)NCc2ccc(N3CCCC3=O)cc2)CC1. The third-order valence-corrected chi connectivity index (χ3v) is 4.99. The van der Waals surface area contributed by atoms with Crippen molar-refractivity contribution in [3.63, 3.8) is 0 Å². The summed E-state index contributed by atoms with van der Waals surface area (Å²) in [6.07, 6.45) is 2.33. The third-order valence-electron chi connectivity index (χ3n) is 4.99. The summed E-state index contributed by atoms with van der Waals surface area (Å²) in [6.45, 7) is 5.29. The Morgan fingerprint density at radius 2 is 1.65 bits per heavy atom. The Morgan fingerprint density at radius 3 is 2.31 bits per heavy atom. The Morgan fingerprint density at radius 1 is 0.962 bits per heavy atom. The second kappa shape index (κ2) is 8.21. The molecule has 2 aliphatic rings. The van der Waals surface area contributed by atoms with Crippen LogP contribution in [0.4, 0.5) is 10.5 Å². The van der Waals surface area contributed by atoms with E-state index in [-0.39, 0.29) is 17.8 Å². The first-order valence-electron chi connectivity index (χ1n) is 9.22. The number of urea groups is 1. The average Bonchev–Trinajstić information content (AvgIpc) is 2.91. The van der Waals surface area contributed by atoms with Gasteiger partial charge in [-0.05, 0) is 30.5 Å². The van der Waals surface area contributed by atoms with E-state index in [1.165, 1.54) is 0 Å². The Labute approximate surface area is 153 Å². The fourth-order valence-corrected chi connectivity index (χ4v) is 3.44. The first-order valence-corrected chi connectivity index (χ1v) is 9.22. The zero-order valence-corrected chi connectivity index (χ0v) is 15.2. The summed E-state index contributed by atoms with van der Waals surface area (Å²) < 4.78 is 0. The molecule has 26 heavy (non-hydrogen) atoms. The minimum absolute atomic E-state index is 0.0591. The second-order valence-electron chi connectivity index (χ2n) is 6.82. The van der Waals surface area contributed by atoms with E-state index in [4.69, 9.17) is 0 Å². The van der Waals surface area contributed by atoms with E-state index in [0.717, 1.165) is 30.6 Å². The predicted octanol–water partition coefficient (Wildman–Crippen LogP) is 1.58. The number of hydrogen-bond acceptors (Lipinski definition) is 3. The molecule has 2 aliphatic heterocycles. The smallest absolute Gasteiger partial charge is 0.317 e. The molecule has 3 rings (SSSR count). The van der Waals surface area contributed by atoms with Gasteiger partial charge in [-0.3, -0.25) is 9.59 Å². The fourth-order valence-electron chi connectivity index (χ4n) is 3.44. The van der Waals surface area contributed by atoms with Crippen molar-refractivity contribution in [2.45, 2.75) is 32.7 Å². The molecule has 4 amide bonds. The molecule has 7 heteroatoms. The van der Waals surface area contributed by atoms with E-state index >= 15 is 0 Å². The van der Waals surface area contributed by atoms with Crippen molar-refractivity contribution in [1.82, 2.24) is 15.1 Å². The molecule has 2 fully saturated rings. The highest BCUT2D eigenvalue weighted by atomic mass is 16.2. The van der Waals surface area contributed by atoms with E-state index in [1.54, 1.807) is 21.6 Å². The van der Waals surface area contributed by atoms with E-state index in [2.05, 4.69) is 5.32 Å². The van der Waals surface area contributed by atoms with Gasteiger partial charge in [0.05, 0.1) is 0 Å². The van der Waals surface area contributed by atoms with Crippen LogP contribution < -0.4 is 10.2 Å². The number of nitrogens with zero attached hydrogens (tertiary/aromatic N) is 3. The lowest BCUT2D eigenvalue weighted by atomic mass is 10.2. The van der Waals surface area contributed by atoms with Gasteiger partial charge in [0.2, 0.25) is 11.8 Å². The molecule has 0 aliphatic carbocycles. The van der Waals surface area contributed by atoms with Gasteiger partial charge in [0.15, 0.2) is 0 Å². The van der Waals surface area contributed by atoms with Crippen LogP contribution in [0, 0.1) is 0 Å².